The predicted octanol–water partition coefficient (Wildman–Crippen LogP) is 3.16. The number of halogens is 1. The van der Waals surface area contributed by atoms with Gasteiger partial charge in [-0.15, -0.1) is 0 Å². The zero-order chi connectivity index (χ0) is 13.7. The molecule has 0 saturated heterocycles. The minimum absolute atomic E-state index is 0.212. The monoisotopic (exact) mass is 287 g/mol. The van der Waals surface area contributed by atoms with E-state index in [9.17, 15) is 4.39 Å². The molecule has 2 aromatic heterocycles. The summed E-state index contributed by atoms with van der Waals surface area (Å²) < 4.78 is 15.3. The summed E-state index contributed by atoms with van der Waals surface area (Å²) in [5.74, 6) is -0.212. The third kappa shape index (κ3) is 1.70. The van der Waals surface area contributed by atoms with Gasteiger partial charge in [0.25, 0.3) is 0 Å². The SMILES string of the molecule is Cc1c(-c2ccc(F)cc2)nc2sc3c(n12)CCNC3. The van der Waals surface area contributed by atoms with E-state index in [0.29, 0.717) is 0 Å². The second-order valence-corrected chi connectivity index (χ2v) is 6.13. The Bertz CT molecular complexity index is 786. The topological polar surface area (TPSA) is 29.3 Å². The first kappa shape index (κ1) is 12.1. The van der Waals surface area contributed by atoms with Crippen LogP contribution in [0.25, 0.3) is 16.2 Å². The van der Waals surface area contributed by atoms with Gasteiger partial charge in [-0.3, -0.25) is 4.40 Å². The smallest absolute Gasteiger partial charge is 0.194 e. The summed E-state index contributed by atoms with van der Waals surface area (Å²) in [6, 6.07) is 6.56. The molecule has 1 aliphatic rings. The first-order valence-electron chi connectivity index (χ1n) is 6.70. The first-order valence-corrected chi connectivity index (χ1v) is 7.52. The average Bonchev–Trinajstić information content (AvgIpc) is 2.97. The number of benzene rings is 1. The summed E-state index contributed by atoms with van der Waals surface area (Å²) >= 11 is 1.75. The Kier molecular flexibility index (Phi) is 2.65. The Morgan fingerprint density at radius 3 is 2.90 bits per heavy atom. The van der Waals surface area contributed by atoms with Gasteiger partial charge in [0, 0.05) is 41.3 Å². The third-order valence-electron chi connectivity index (χ3n) is 3.82. The summed E-state index contributed by atoms with van der Waals surface area (Å²) in [7, 11) is 0. The highest BCUT2D eigenvalue weighted by molar-refractivity contribution is 7.17. The van der Waals surface area contributed by atoms with Crippen LogP contribution in [-0.4, -0.2) is 15.9 Å². The van der Waals surface area contributed by atoms with Crippen LogP contribution in [-0.2, 0) is 13.0 Å². The van der Waals surface area contributed by atoms with Gasteiger partial charge in [0.05, 0.1) is 5.69 Å². The van der Waals surface area contributed by atoms with Crippen LogP contribution in [0.1, 0.15) is 16.3 Å². The third-order valence-corrected chi connectivity index (χ3v) is 4.91. The van der Waals surface area contributed by atoms with Crippen molar-refractivity contribution in [2.24, 2.45) is 0 Å². The lowest BCUT2D eigenvalue weighted by Gasteiger charge is -2.13. The number of imidazole rings is 1. The first-order chi connectivity index (χ1) is 9.74. The maximum absolute atomic E-state index is 13.0. The number of nitrogens with one attached hydrogen (secondary N) is 1. The maximum Gasteiger partial charge on any atom is 0.194 e. The molecule has 0 aliphatic carbocycles. The second-order valence-electron chi connectivity index (χ2n) is 5.07. The molecule has 0 bridgehead atoms. The van der Waals surface area contributed by atoms with Crippen molar-refractivity contribution in [3.63, 3.8) is 0 Å². The standard InChI is InChI=1S/C15H14FN3S/c1-9-14(10-2-4-11(16)5-3-10)18-15-19(9)12-6-7-17-8-13(12)20-15/h2-5,17H,6-8H2,1H3. The van der Waals surface area contributed by atoms with Gasteiger partial charge in [0.1, 0.15) is 5.82 Å². The fraction of sp³-hybridized carbons (Fsp3) is 0.267. The van der Waals surface area contributed by atoms with E-state index in [2.05, 4.69) is 16.6 Å². The Labute approximate surface area is 120 Å². The van der Waals surface area contributed by atoms with Gasteiger partial charge in [-0.25, -0.2) is 9.37 Å². The molecule has 1 N–H and O–H groups in total. The molecule has 1 aromatic carbocycles. The van der Waals surface area contributed by atoms with E-state index >= 15 is 0 Å². The molecule has 0 amide bonds. The molecule has 4 rings (SSSR count). The van der Waals surface area contributed by atoms with Crippen molar-refractivity contribution in [1.29, 1.82) is 0 Å². The molecule has 1 aliphatic heterocycles. The van der Waals surface area contributed by atoms with E-state index in [1.807, 2.05) is 0 Å². The van der Waals surface area contributed by atoms with Crippen molar-refractivity contribution >= 4 is 16.3 Å². The summed E-state index contributed by atoms with van der Waals surface area (Å²) in [5.41, 5.74) is 4.45. The lowest BCUT2D eigenvalue weighted by Crippen LogP contribution is -2.23. The Hall–Kier alpha value is -1.72. The quantitative estimate of drug-likeness (QED) is 0.745. The van der Waals surface area contributed by atoms with Crippen molar-refractivity contribution in [1.82, 2.24) is 14.7 Å². The van der Waals surface area contributed by atoms with Crippen LogP contribution in [0.5, 0.6) is 0 Å². The predicted molar refractivity (Wildman–Crippen MR) is 78.6 cm³/mol. The van der Waals surface area contributed by atoms with Gasteiger partial charge in [0.15, 0.2) is 4.96 Å². The highest BCUT2D eigenvalue weighted by Crippen LogP contribution is 2.32. The summed E-state index contributed by atoms with van der Waals surface area (Å²) in [4.78, 5) is 7.17. The maximum atomic E-state index is 13.0. The number of aromatic nitrogens is 2. The molecule has 0 unspecified atom stereocenters. The van der Waals surface area contributed by atoms with Crippen LogP contribution < -0.4 is 5.32 Å². The Balaban J connectivity index is 1.91. The van der Waals surface area contributed by atoms with E-state index < -0.39 is 0 Å². The van der Waals surface area contributed by atoms with Crippen molar-refractivity contribution in [2.45, 2.75) is 19.9 Å². The molecule has 5 heteroatoms. The lowest BCUT2D eigenvalue weighted by atomic mass is 10.1. The molecule has 0 radical (unpaired) electrons. The summed E-state index contributed by atoms with van der Waals surface area (Å²) in [6.07, 6.45) is 1.04. The lowest BCUT2D eigenvalue weighted by molar-refractivity contribution is 0.628. The van der Waals surface area contributed by atoms with Gasteiger partial charge in [-0.2, -0.15) is 0 Å². The normalized spacial score (nSPS) is 14.7. The highest BCUT2D eigenvalue weighted by atomic mass is 32.1. The number of hydrogen-bond acceptors (Lipinski definition) is 3. The van der Waals surface area contributed by atoms with Crippen molar-refractivity contribution in [3.05, 3.63) is 46.3 Å². The van der Waals surface area contributed by atoms with Gasteiger partial charge in [-0.05, 0) is 31.2 Å². The number of hydrogen-bond donors (Lipinski definition) is 1. The van der Waals surface area contributed by atoms with Gasteiger partial charge in [0.2, 0.25) is 0 Å². The van der Waals surface area contributed by atoms with E-state index in [1.165, 1.54) is 22.7 Å². The molecule has 0 saturated carbocycles. The number of nitrogens with zero attached hydrogens (tertiary/aromatic N) is 2. The largest absolute Gasteiger partial charge is 0.311 e. The van der Waals surface area contributed by atoms with Crippen molar-refractivity contribution in [2.75, 3.05) is 6.54 Å². The molecule has 0 spiro atoms. The minimum atomic E-state index is -0.212. The van der Waals surface area contributed by atoms with Crippen LogP contribution in [0.2, 0.25) is 0 Å². The van der Waals surface area contributed by atoms with Gasteiger partial charge < -0.3 is 5.32 Å². The van der Waals surface area contributed by atoms with Gasteiger partial charge in [-0.1, -0.05) is 11.3 Å². The van der Waals surface area contributed by atoms with Crippen LogP contribution in [0.3, 0.4) is 0 Å². The second kappa shape index (κ2) is 4.40. The Morgan fingerprint density at radius 1 is 1.30 bits per heavy atom. The van der Waals surface area contributed by atoms with Crippen LogP contribution in [0, 0.1) is 12.7 Å². The molecular formula is C15H14FN3S. The van der Waals surface area contributed by atoms with Crippen LogP contribution in [0.15, 0.2) is 24.3 Å². The number of aryl methyl sites for hydroxylation is 1. The van der Waals surface area contributed by atoms with Crippen LogP contribution in [0.4, 0.5) is 4.39 Å². The number of rotatable bonds is 1. The highest BCUT2D eigenvalue weighted by Gasteiger charge is 2.20. The van der Waals surface area contributed by atoms with Crippen molar-refractivity contribution < 1.29 is 4.39 Å². The number of fused-ring (bicyclic) bond motifs is 3. The molecule has 0 atom stereocenters. The van der Waals surface area contributed by atoms with Crippen LogP contribution >= 0.6 is 11.3 Å². The fourth-order valence-electron chi connectivity index (χ4n) is 2.84. The zero-order valence-electron chi connectivity index (χ0n) is 11.1. The zero-order valence-corrected chi connectivity index (χ0v) is 11.9. The number of thiazole rings is 1. The van der Waals surface area contributed by atoms with E-state index in [1.54, 1.807) is 23.5 Å². The Morgan fingerprint density at radius 2 is 2.10 bits per heavy atom. The molecule has 3 aromatic rings. The molecule has 3 heterocycles. The van der Waals surface area contributed by atoms with Gasteiger partial charge >= 0.3 is 0 Å². The molecular weight excluding hydrogens is 273 g/mol. The molecule has 3 nitrogen and oxygen atoms in total. The average molecular weight is 287 g/mol. The van der Waals surface area contributed by atoms with E-state index in [0.717, 1.165) is 41.4 Å². The van der Waals surface area contributed by atoms with E-state index in [4.69, 9.17) is 4.98 Å². The molecule has 0 fully saturated rings. The summed E-state index contributed by atoms with van der Waals surface area (Å²) in [5, 5.41) is 3.39. The fourth-order valence-corrected chi connectivity index (χ4v) is 4.02. The minimum Gasteiger partial charge on any atom is -0.311 e. The molecule has 20 heavy (non-hydrogen) atoms. The van der Waals surface area contributed by atoms with E-state index in [-0.39, 0.29) is 5.82 Å². The van der Waals surface area contributed by atoms with Crippen molar-refractivity contribution in [3.8, 4) is 11.3 Å². The molecule has 102 valence electrons. The summed E-state index contributed by atoms with van der Waals surface area (Å²) in [6.45, 7) is 4.05.